The van der Waals surface area contributed by atoms with Gasteiger partial charge in [0.1, 0.15) is 17.1 Å². The first-order chi connectivity index (χ1) is 21.0. The predicted molar refractivity (Wildman–Crippen MR) is 179 cm³/mol. The van der Waals surface area contributed by atoms with Crippen molar-refractivity contribution in [2.24, 2.45) is 0 Å². The maximum absolute atomic E-state index is 12.4. The Morgan fingerprint density at radius 3 is 1.94 bits per heavy atom. The molecule has 0 amide bonds. The van der Waals surface area contributed by atoms with E-state index >= 15 is 0 Å². The smallest absolute Gasteiger partial charge is 0.507 e. The first-order valence-corrected chi connectivity index (χ1v) is 14.0. The first kappa shape index (κ1) is 43.0. The van der Waals surface area contributed by atoms with Crippen LogP contribution < -0.4 is 108 Å². The molecule has 3 heterocycles. The molecular weight excluding hydrogens is 645 g/mol. The Hall–Kier alpha value is -2.07. The Labute approximate surface area is 361 Å². The molecular formula is C37H37K2N3O5. The summed E-state index contributed by atoms with van der Waals surface area (Å²) in [5, 5.41) is 21.7. The van der Waals surface area contributed by atoms with Crippen LogP contribution >= 0.6 is 0 Å². The summed E-state index contributed by atoms with van der Waals surface area (Å²) >= 11 is 0. The molecule has 2 N–H and O–H groups in total. The average Bonchev–Trinajstić information content (AvgIpc) is 3.03. The molecule has 0 atom stereocenters. The molecule has 2 aromatic heterocycles. The second-order valence-electron chi connectivity index (χ2n) is 9.71. The number of hydrogen-bond acceptors (Lipinski definition) is 7. The third-order valence-electron chi connectivity index (χ3n) is 6.97. The van der Waals surface area contributed by atoms with Gasteiger partial charge in [0, 0.05) is 54.6 Å². The summed E-state index contributed by atoms with van der Waals surface area (Å²) in [5.41, 5.74) is 4.13. The second-order valence-corrected chi connectivity index (χ2v) is 9.71. The van der Waals surface area contributed by atoms with Gasteiger partial charge >= 0.3 is 109 Å². The zero-order valence-electron chi connectivity index (χ0n) is 27.9. The minimum absolute atomic E-state index is 0. The van der Waals surface area contributed by atoms with Gasteiger partial charge in [0.15, 0.2) is 5.43 Å². The van der Waals surface area contributed by atoms with Crippen molar-refractivity contribution >= 4 is 16.9 Å². The molecule has 0 saturated heterocycles. The van der Waals surface area contributed by atoms with Crippen LogP contribution in [0, 0.1) is 14.9 Å². The van der Waals surface area contributed by atoms with Crippen molar-refractivity contribution in [2.45, 2.75) is 33.5 Å². The Bertz CT molecular complexity index is 1860. The van der Waals surface area contributed by atoms with Crippen LogP contribution in [0.1, 0.15) is 41.2 Å². The van der Waals surface area contributed by atoms with Gasteiger partial charge < -0.3 is 29.5 Å². The van der Waals surface area contributed by atoms with E-state index in [2.05, 4.69) is 14.9 Å². The number of pyridine rings is 2. The molecule has 6 rings (SSSR count). The monoisotopic (exact) mass is 681 g/mol. The van der Waals surface area contributed by atoms with E-state index in [1.807, 2.05) is 50.2 Å². The SMILES string of the molecule is CC.O=C(O)c1ccccc1-c1c2ccc(=O)cc-2oc2c(CN(Cc3ccccn3)Cc3ccccn3)c(O)ccc12.[CH3-].[CH3-].[K+].[K+]. The molecule has 0 radical (unpaired) electrons. The van der Waals surface area contributed by atoms with Crippen LogP contribution in [-0.2, 0) is 19.6 Å². The number of phenols is 1. The molecule has 8 nitrogen and oxygen atoms in total. The van der Waals surface area contributed by atoms with E-state index in [-0.39, 0.29) is 141 Å². The number of carbonyl (C=O) groups is 1. The maximum atomic E-state index is 12.4. The molecule has 0 fully saturated rings. The van der Waals surface area contributed by atoms with Crippen LogP contribution in [0.2, 0.25) is 0 Å². The van der Waals surface area contributed by atoms with E-state index in [1.165, 1.54) is 12.1 Å². The fraction of sp³-hybridized carbons (Fsp3) is 0.135. The first-order valence-electron chi connectivity index (χ1n) is 14.0. The van der Waals surface area contributed by atoms with Crippen molar-refractivity contribution in [1.82, 2.24) is 14.9 Å². The predicted octanol–water partition coefficient (Wildman–Crippen LogP) is 1.90. The van der Waals surface area contributed by atoms with Crippen LogP contribution in [0.5, 0.6) is 5.75 Å². The molecule has 1 aliphatic heterocycles. The van der Waals surface area contributed by atoms with Gasteiger partial charge in [-0.3, -0.25) is 19.7 Å². The van der Waals surface area contributed by atoms with Gasteiger partial charge in [-0.25, -0.2) is 4.79 Å². The third kappa shape index (κ3) is 10.2. The van der Waals surface area contributed by atoms with E-state index in [0.29, 0.717) is 52.1 Å². The van der Waals surface area contributed by atoms with Crippen LogP contribution in [0.3, 0.4) is 0 Å². The summed E-state index contributed by atoms with van der Waals surface area (Å²) in [6.07, 6.45) is 3.47. The number of fused-ring (bicyclic) bond motifs is 2. The van der Waals surface area contributed by atoms with Crippen molar-refractivity contribution in [3.8, 4) is 28.2 Å². The van der Waals surface area contributed by atoms with Crippen LogP contribution in [-0.4, -0.2) is 31.1 Å². The summed E-state index contributed by atoms with van der Waals surface area (Å²) in [7, 11) is 0. The number of carboxylic acids is 1. The molecule has 0 bridgehead atoms. The number of aromatic hydroxyl groups is 1. The zero-order valence-corrected chi connectivity index (χ0v) is 34.1. The molecule has 47 heavy (non-hydrogen) atoms. The summed E-state index contributed by atoms with van der Waals surface area (Å²) in [6.45, 7) is 5.21. The van der Waals surface area contributed by atoms with Gasteiger partial charge in [-0.15, -0.1) is 0 Å². The number of nitrogens with zero attached hydrogens (tertiary/aromatic N) is 3. The number of aromatic carboxylic acids is 1. The molecule has 2 aliphatic rings. The Morgan fingerprint density at radius 1 is 0.766 bits per heavy atom. The summed E-state index contributed by atoms with van der Waals surface area (Å²) in [5.74, 6) is -0.754. The summed E-state index contributed by atoms with van der Waals surface area (Å²) < 4.78 is 6.34. The van der Waals surface area contributed by atoms with E-state index in [0.717, 1.165) is 11.4 Å². The van der Waals surface area contributed by atoms with E-state index in [9.17, 15) is 19.8 Å². The minimum Gasteiger partial charge on any atom is -0.507 e. The van der Waals surface area contributed by atoms with Gasteiger partial charge in [-0.05, 0) is 60.2 Å². The van der Waals surface area contributed by atoms with Crippen LogP contribution in [0.15, 0.2) is 113 Å². The summed E-state index contributed by atoms with van der Waals surface area (Å²) in [4.78, 5) is 35.6. The fourth-order valence-corrected chi connectivity index (χ4v) is 5.14. The van der Waals surface area contributed by atoms with Gasteiger partial charge in [0.25, 0.3) is 0 Å². The van der Waals surface area contributed by atoms with Crippen molar-refractivity contribution < 1.29 is 122 Å². The quantitative estimate of drug-likeness (QED) is 0.142. The normalized spacial score (nSPS) is 10.0. The number of carboxylic acid groups (broad SMARTS) is 1. The zero-order chi connectivity index (χ0) is 30.3. The Morgan fingerprint density at radius 2 is 1.36 bits per heavy atom. The number of benzene rings is 3. The van der Waals surface area contributed by atoms with E-state index in [1.54, 1.807) is 54.9 Å². The molecule has 0 saturated carbocycles. The van der Waals surface area contributed by atoms with Gasteiger partial charge in [-0.1, -0.05) is 44.2 Å². The summed E-state index contributed by atoms with van der Waals surface area (Å²) in [6, 6.07) is 25.9. The number of aromatic nitrogens is 2. The number of phenolic OH excluding ortho intramolecular Hbond substituents is 1. The fourth-order valence-electron chi connectivity index (χ4n) is 5.14. The van der Waals surface area contributed by atoms with Crippen molar-refractivity contribution in [3.05, 3.63) is 151 Å². The average molecular weight is 682 g/mol. The van der Waals surface area contributed by atoms with Crippen molar-refractivity contribution in [1.29, 1.82) is 0 Å². The van der Waals surface area contributed by atoms with Crippen molar-refractivity contribution in [3.63, 3.8) is 0 Å². The molecule has 0 unspecified atom stereocenters. The van der Waals surface area contributed by atoms with E-state index in [4.69, 9.17) is 4.42 Å². The van der Waals surface area contributed by atoms with Crippen molar-refractivity contribution in [2.75, 3.05) is 0 Å². The van der Waals surface area contributed by atoms with Gasteiger partial charge in [0.05, 0.1) is 22.5 Å². The molecule has 232 valence electrons. The van der Waals surface area contributed by atoms with Gasteiger partial charge in [0.2, 0.25) is 0 Å². The minimum atomic E-state index is -1.07. The molecule has 1 aliphatic carbocycles. The number of hydrogen-bond donors (Lipinski definition) is 2. The van der Waals surface area contributed by atoms with Gasteiger partial charge in [-0.2, -0.15) is 0 Å². The largest absolute Gasteiger partial charge is 1.00 e. The maximum Gasteiger partial charge on any atom is 1.00 e. The van der Waals surface area contributed by atoms with Crippen LogP contribution in [0.4, 0.5) is 0 Å². The topological polar surface area (TPSA) is 117 Å². The second kappa shape index (κ2) is 20.4. The molecule has 0 spiro atoms. The number of rotatable bonds is 8. The standard InChI is InChI=1S/C33H25N3O5.C2H6.2CH3.2K/c37-23-11-12-26-30(17-23)41-32-27(31(26)24-9-1-2-10-25(24)33(39)40)13-14-29(38)28(32)20-36(18-21-7-3-5-15-34-21)19-22-8-4-6-16-35-22;1-2;;;;/h1-17,38H,18-20H2,(H,39,40);1-2H3;2*1H3;;/q;;2*-1;2*+1. The molecule has 4 aromatic rings. The van der Waals surface area contributed by atoms with Crippen LogP contribution in [0.25, 0.3) is 33.4 Å². The molecule has 2 aromatic carbocycles. The van der Waals surface area contributed by atoms with E-state index < -0.39 is 5.97 Å². The Kier molecular flexibility index (Phi) is 18.7. The molecule has 10 heteroatoms. The Balaban J connectivity index is 0.00000181. The third-order valence-corrected chi connectivity index (χ3v) is 6.97.